The molecule has 2 rings (SSSR count). The summed E-state index contributed by atoms with van der Waals surface area (Å²) in [5, 5.41) is 7.07. The van der Waals surface area contributed by atoms with Crippen LogP contribution in [0.5, 0.6) is 0 Å². The van der Waals surface area contributed by atoms with Crippen LogP contribution in [0.25, 0.3) is 0 Å². The first-order valence-electron chi connectivity index (χ1n) is 7.18. The Morgan fingerprint density at radius 3 is 2.95 bits per heavy atom. The van der Waals surface area contributed by atoms with Gasteiger partial charge in [0.15, 0.2) is 0 Å². The zero-order chi connectivity index (χ0) is 14.5. The van der Waals surface area contributed by atoms with Crippen LogP contribution in [0, 0.1) is 6.92 Å². The molecule has 1 fully saturated rings. The average molecular weight is 293 g/mol. The highest BCUT2D eigenvalue weighted by molar-refractivity contribution is 7.99. The van der Waals surface area contributed by atoms with E-state index >= 15 is 0 Å². The Balaban J connectivity index is 2.05. The highest BCUT2D eigenvalue weighted by Gasteiger charge is 2.26. The Labute approximate surface area is 125 Å². The van der Waals surface area contributed by atoms with Crippen LogP contribution in [0.15, 0.2) is 12.3 Å². The lowest BCUT2D eigenvalue weighted by Crippen LogP contribution is -2.33. The van der Waals surface area contributed by atoms with Gasteiger partial charge >= 0.3 is 0 Å². The van der Waals surface area contributed by atoms with Gasteiger partial charge in [0.25, 0.3) is 5.91 Å². The van der Waals surface area contributed by atoms with Gasteiger partial charge in [-0.25, -0.2) is 0 Å². The number of aromatic nitrogens is 1. The third-order valence-corrected chi connectivity index (χ3v) is 4.80. The second-order valence-corrected chi connectivity index (χ2v) is 6.38. The van der Waals surface area contributed by atoms with Gasteiger partial charge in [-0.2, -0.15) is 11.8 Å². The maximum Gasteiger partial charge on any atom is 0.255 e. The predicted molar refractivity (Wildman–Crippen MR) is 85.5 cm³/mol. The molecule has 110 valence electrons. The van der Waals surface area contributed by atoms with Crippen LogP contribution in [0.1, 0.15) is 42.2 Å². The molecule has 0 saturated heterocycles. The molecule has 0 aliphatic heterocycles. The van der Waals surface area contributed by atoms with Crippen molar-refractivity contribution in [2.75, 3.05) is 18.1 Å². The van der Waals surface area contributed by atoms with Crippen LogP contribution in [0.4, 0.5) is 5.69 Å². The van der Waals surface area contributed by atoms with Crippen molar-refractivity contribution in [1.29, 1.82) is 0 Å². The SMILES string of the molecule is CCNc1cc(C)ncc1C(=O)NC1CCC(SC)C1. The number of rotatable bonds is 5. The number of amides is 1. The lowest BCUT2D eigenvalue weighted by atomic mass is 10.1. The van der Waals surface area contributed by atoms with Crippen LogP contribution < -0.4 is 10.6 Å². The highest BCUT2D eigenvalue weighted by Crippen LogP contribution is 2.28. The smallest absolute Gasteiger partial charge is 0.255 e. The second kappa shape index (κ2) is 6.97. The van der Waals surface area contributed by atoms with Gasteiger partial charge in [0.2, 0.25) is 0 Å². The molecular weight excluding hydrogens is 270 g/mol. The Morgan fingerprint density at radius 1 is 1.50 bits per heavy atom. The second-order valence-electron chi connectivity index (χ2n) is 5.24. The summed E-state index contributed by atoms with van der Waals surface area (Å²) in [6, 6.07) is 2.23. The Kier molecular flexibility index (Phi) is 5.29. The molecule has 1 aromatic rings. The van der Waals surface area contributed by atoms with E-state index in [-0.39, 0.29) is 5.91 Å². The molecule has 0 radical (unpaired) electrons. The zero-order valence-electron chi connectivity index (χ0n) is 12.4. The van der Waals surface area contributed by atoms with Crippen molar-refractivity contribution in [3.05, 3.63) is 23.5 Å². The Hall–Kier alpha value is -1.23. The first kappa shape index (κ1) is 15.2. The van der Waals surface area contributed by atoms with Crippen molar-refractivity contribution in [2.24, 2.45) is 0 Å². The number of anilines is 1. The summed E-state index contributed by atoms with van der Waals surface area (Å²) in [6.45, 7) is 4.75. The van der Waals surface area contributed by atoms with Crippen molar-refractivity contribution in [3.8, 4) is 0 Å². The Morgan fingerprint density at radius 2 is 2.30 bits per heavy atom. The Bertz CT molecular complexity index is 478. The van der Waals surface area contributed by atoms with Crippen molar-refractivity contribution in [1.82, 2.24) is 10.3 Å². The summed E-state index contributed by atoms with van der Waals surface area (Å²) >= 11 is 1.90. The number of carbonyl (C=O) groups excluding carboxylic acids is 1. The number of hydrogen-bond acceptors (Lipinski definition) is 4. The van der Waals surface area contributed by atoms with E-state index in [2.05, 4.69) is 21.9 Å². The third-order valence-electron chi connectivity index (χ3n) is 3.71. The zero-order valence-corrected chi connectivity index (χ0v) is 13.2. The molecule has 20 heavy (non-hydrogen) atoms. The highest BCUT2D eigenvalue weighted by atomic mass is 32.2. The van der Waals surface area contributed by atoms with E-state index in [4.69, 9.17) is 0 Å². The molecule has 1 saturated carbocycles. The molecule has 0 aromatic carbocycles. The van der Waals surface area contributed by atoms with Gasteiger partial charge in [0, 0.05) is 29.7 Å². The van der Waals surface area contributed by atoms with Gasteiger partial charge in [0.05, 0.1) is 11.3 Å². The monoisotopic (exact) mass is 293 g/mol. The minimum atomic E-state index is -0.0137. The van der Waals surface area contributed by atoms with Crippen LogP contribution in [-0.2, 0) is 0 Å². The topological polar surface area (TPSA) is 54.0 Å². The number of pyridine rings is 1. The van der Waals surface area contributed by atoms with Crippen molar-refractivity contribution >= 4 is 23.4 Å². The molecule has 1 aromatic heterocycles. The number of hydrogen-bond donors (Lipinski definition) is 2. The number of nitrogens with one attached hydrogen (secondary N) is 2. The van der Waals surface area contributed by atoms with Gasteiger partial charge < -0.3 is 10.6 Å². The largest absolute Gasteiger partial charge is 0.385 e. The summed E-state index contributed by atoms with van der Waals surface area (Å²) in [6.07, 6.45) is 7.15. The van der Waals surface area contributed by atoms with Crippen molar-refractivity contribution < 1.29 is 4.79 Å². The fourth-order valence-corrected chi connectivity index (χ4v) is 3.42. The molecule has 0 spiro atoms. The number of nitrogens with zero attached hydrogens (tertiary/aromatic N) is 1. The minimum absolute atomic E-state index is 0.0137. The molecule has 2 N–H and O–H groups in total. The van der Waals surface area contributed by atoms with E-state index in [9.17, 15) is 4.79 Å². The number of aryl methyl sites for hydroxylation is 1. The first-order chi connectivity index (χ1) is 9.63. The molecule has 2 atom stereocenters. The fraction of sp³-hybridized carbons (Fsp3) is 0.600. The molecule has 1 aliphatic carbocycles. The summed E-state index contributed by atoms with van der Waals surface area (Å²) in [5.41, 5.74) is 2.43. The summed E-state index contributed by atoms with van der Waals surface area (Å²) in [4.78, 5) is 16.6. The fourth-order valence-electron chi connectivity index (χ4n) is 2.63. The molecule has 4 nitrogen and oxygen atoms in total. The van der Waals surface area contributed by atoms with Crippen LogP contribution >= 0.6 is 11.8 Å². The van der Waals surface area contributed by atoms with Gasteiger partial charge in [-0.1, -0.05) is 0 Å². The van der Waals surface area contributed by atoms with Crippen LogP contribution in [-0.4, -0.2) is 35.0 Å². The van der Waals surface area contributed by atoms with Gasteiger partial charge in [0.1, 0.15) is 0 Å². The molecule has 1 heterocycles. The van der Waals surface area contributed by atoms with E-state index < -0.39 is 0 Å². The number of carbonyl (C=O) groups is 1. The minimum Gasteiger partial charge on any atom is -0.385 e. The molecule has 2 unspecified atom stereocenters. The molecular formula is C15H23N3OS. The van der Waals surface area contributed by atoms with Gasteiger partial charge in [-0.15, -0.1) is 0 Å². The van der Waals surface area contributed by atoms with Gasteiger partial charge in [-0.3, -0.25) is 9.78 Å². The van der Waals surface area contributed by atoms with Crippen molar-refractivity contribution in [3.63, 3.8) is 0 Å². The molecule has 1 amide bonds. The normalized spacial score (nSPS) is 21.8. The molecule has 5 heteroatoms. The average Bonchev–Trinajstić information content (AvgIpc) is 2.87. The van der Waals surface area contributed by atoms with E-state index in [1.807, 2.05) is 31.7 Å². The maximum atomic E-state index is 12.4. The van der Waals surface area contributed by atoms with E-state index in [1.54, 1.807) is 6.20 Å². The summed E-state index contributed by atoms with van der Waals surface area (Å²) in [7, 11) is 0. The third kappa shape index (κ3) is 3.66. The quantitative estimate of drug-likeness (QED) is 0.876. The standard InChI is InChI=1S/C15H23N3OS/c1-4-16-14-7-10(2)17-9-13(14)15(19)18-11-5-6-12(8-11)20-3/h7,9,11-12H,4-6,8H2,1-3H3,(H,16,17)(H,18,19). The summed E-state index contributed by atoms with van der Waals surface area (Å²) < 4.78 is 0. The van der Waals surface area contributed by atoms with Crippen molar-refractivity contribution in [2.45, 2.75) is 44.4 Å². The lowest BCUT2D eigenvalue weighted by Gasteiger charge is -2.15. The maximum absolute atomic E-state index is 12.4. The summed E-state index contributed by atoms with van der Waals surface area (Å²) in [5.74, 6) is -0.0137. The van der Waals surface area contributed by atoms with E-state index in [0.717, 1.165) is 30.8 Å². The van der Waals surface area contributed by atoms with Crippen LogP contribution in [0.2, 0.25) is 0 Å². The lowest BCUT2D eigenvalue weighted by molar-refractivity contribution is 0.0938. The molecule has 0 bridgehead atoms. The number of thioether (sulfide) groups is 1. The van der Waals surface area contributed by atoms with E-state index in [0.29, 0.717) is 16.9 Å². The predicted octanol–water partition coefficient (Wildman–Crippen LogP) is 2.84. The molecule has 1 aliphatic rings. The first-order valence-corrected chi connectivity index (χ1v) is 8.47. The van der Waals surface area contributed by atoms with Gasteiger partial charge in [-0.05, 0) is 45.4 Å². The van der Waals surface area contributed by atoms with E-state index in [1.165, 1.54) is 6.42 Å². The van der Waals surface area contributed by atoms with Crippen LogP contribution in [0.3, 0.4) is 0 Å².